The summed E-state index contributed by atoms with van der Waals surface area (Å²) in [6.45, 7) is 2.47. The summed E-state index contributed by atoms with van der Waals surface area (Å²) < 4.78 is 5.20. The van der Waals surface area contributed by atoms with Crippen molar-refractivity contribution >= 4 is 0 Å². The molecule has 16 heavy (non-hydrogen) atoms. The molecule has 1 aliphatic carbocycles. The average Bonchev–Trinajstić information content (AvgIpc) is 2.74. The predicted octanol–water partition coefficient (Wildman–Crippen LogP) is 2.55. The largest absolute Gasteiger partial charge is 0.497 e. The molecule has 2 nitrogen and oxygen atoms in total. The lowest BCUT2D eigenvalue weighted by Crippen LogP contribution is -2.51. The van der Waals surface area contributed by atoms with Crippen LogP contribution in [0.3, 0.4) is 0 Å². The molecule has 1 aliphatic heterocycles. The van der Waals surface area contributed by atoms with E-state index in [0.29, 0.717) is 5.41 Å². The Balaban J connectivity index is 1.73. The third-order valence-electron chi connectivity index (χ3n) is 4.29. The third-order valence-corrected chi connectivity index (χ3v) is 4.29. The molecule has 1 spiro atoms. The highest BCUT2D eigenvalue weighted by Gasteiger charge is 2.43. The predicted molar refractivity (Wildman–Crippen MR) is 64.9 cm³/mol. The van der Waals surface area contributed by atoms with Crippen LogP contribution in [0.4, 0.5) is 0 Å². The number of benzene rings is 1. The quantitative estimate of drug-likeness (QED) is 0.822. The molecule has 2 aliphatic rings. The first-order valence-electron chi connectivity index (χ1n) is 6.16. The molecule has 1 N–H and O–H groups in total. The maximum absolute atomic E-state index is 5.20. The average molecular weight is 217 g/mol. The standard InChI is InChI=1S/C14H19NO/c1-16-13-4-2-11(3-5-13)12-6-7-14(8-12)9-15-10-14/h2-5,12,15H,6-10H2,1H3. The molecule has 1 aromatic rings. The lowest BCUT2D eigenvalue weighted by molar-refractivity contribution is 0.175. The molecule has 0 aromatic heterocycles. The maximum atomic E-state index is 5.20. The normalized spacial score (nSPS) is 26.7. The van der Waals surface area contributed by atoms with E-state index < -0.39 is 0 Å². The maximum Gasteiger partial charge on any atom is 0.118 e. The van der Waals surface area contributed by atoms with Crippen molar-refractivity contribution in [2.45, 2.75) is 25.2 Å². The van der Waals surface area contributed by atoms with Crippen molar-refractivity contribution in [2.24, 2.45) is 5.41 Å². The Hall–Kier alpha value is -1.02. The molecule has 1 saturated heterocycles. The molecule has 1 aromatic carbocycles. The van der Waals surface area contributed by atoms with Crippen LogP contribution in [0.2, 0.25) is 0 Å². The summed E-state index contributed by atoms with van der Waals surface area (Å²) in [6.07, 6.45) is 4.12. The Bertz CT molecular complexity index is 367. The van der Waals surface area contributed by atoms with Crippen LogP contribution in [0, 0.1) is 5.41 Å². The van der Waals surface area contributed by atoms with E-state index in [1.807, 2.05) is 0 Å². The van der Waals surface area contributed by atoms with E-state index in [9.17, 15) is 0 Å². The zero-order valence-corrected chi connectivity index (χ0v) is 9.83. The van der Waals surface area contributed by atoms with Crippen molar-refractivity contribution in [1.82, 2.24) is 5.32 Å². The van der Waals surface area contributed by atoms with Gasteiger partial charge in [0.15, 0.2) is 0 Å². The Labute approximate surface area is 97.0 Å². The van der Waals surface area contributed by atoms with Crippen molar-refractivity contribution in [3.8, 4) is 5.75 Å². The first-order valence-corrected chi connectivity index (χ1v) is 6.16. The third kappa shape index (κ3) is 1.61. The van der Waals surface area contributed by atoms with E-state index in [1.165, 1.54) is 37.9 Å². The minimum absolute atomic E-state index is 0.643. The van der Waals surface area contributed by atoms with Gasteiger partial charge in [0, 0.05) is 13.1 Å². The van der Waals surface area contributed by atoms with Gasteiger partial charge in [0.05, 0.1) is 7.11 Å². The van der Waals surface area contributed by atoms with E-state index in [2.05, 4.69) is 29.6 Å². The van der Waals surface area contributed by atoms with Gasteiger partial charge in [-0.25, -0.2) is 0 Å². The van der Waals surface area contributed by atoms with E-state index in [0.717, 1.165) is 11.7 Å². The summed E-state index contributed by atoms with van der Waals surface area (Å²) in [6, 6.07) is 8.63. The minimum Gasteiger partial charge on any atom is -0.497 e. The fraction of sp³-hybridized carbons (Fsp3) is 0.571. The highest BCUT2D eigenvalue weighted by molar-refractivity contribution is 5.30. The van der Waals surface area contributed by atoms with Gasteiger partial charge in [-0.05, 0) is 48.3 Å². The lowest BCUT2D eigenvalue weighted by atomic mass is 9.79. The van der Waals surface area contributed by atoms with Gasteiger partial charge >= 0.3 is 0 Å². The molecule has 86 valence electrons. The summed E-state index contributed by atoms with van der Waals surface area (Å²) in [4.78, 5) is 0. The molecule has 1 atom stereocenters. The van der Waals surface area contributed by atoms with Gasteiger partial charge in [0.25, 0.3) is 0 Å². The Morgan fingerprint density at radius 2 is 2.00 bits per heavy atom. The van der Waals surface area contributed by atoms with Crippen LogP contribution in [-0.2, 0) is 0 Å². The van der Waals surface area contributed by atoms with Crippen molar-refractivity contribution in [3.05, 3.63) is 29.8 Å². The van der Waals surface area contributed by atoms with Gasteiger partial charge < -0.3 is 10.1 Å². The number of hydrogen-bond acceptors (Lipinski definition) is 2. The molecule has 0 amide bonds. The molecule has 0 radical (unpaired) electrons. The first kappa shape index (κ1) is 10.2. The fourth-order valence-electron chi connectivity index (χ4n) is 3.17. The Kier molecular flexibility index (Phi) is 2.40. The van der Waals surface area contributed by atoms with Gasteiger partial charge in [-0.3, -0.25) is 0 Å². The second kappa shape index (κ2) is 3.77. The number of hydrogen-bond donors (Lipinski definition) is 1. The van der Waals surface area contributed by atoms with Gasteiger partial charge in [-0.1, -0.05) is 12.1 Å². The summed E-state index contributed by atoms with van der Waals surface area (Å²) in [5.41, 5.74) is 2.13. The van der Waals surface area contributed by atoms with Gasteiger partial charge in [-0.15, -0.1) is 0 Å². The highest BCUT2D eigenvalue weighted by Crippen LogP contribution is 2.48. The molecule has 1 saturated carbocycles. The summed E-state index contributed by atoms with van der Waals surface area (Å²) in [5, 5.41) is 3.41. The summed E-state index contributed by atoms with van der Waals surface area (Å²) in [5.74, 6) is 1.73. The van der Waals surface area contributed by atoms with E-state index in [1.54, 1.807) is 7.11 Å². The van der Waals surface area contributed by atoms with Crippen molar-refractivity contribution < 1.29 is 4.74 Å². The SMILES string of the molecule is COc1ccc(C2CCC3(CNC3)C2)cc1. The second-order valence-electron chi connectivity index (χ2n) is 5.32. The van der Waals surface area contributed by atoms with Crippen LogP contribution >= 0.6 is 0 Å². The molecule has 2 heteroatoms. The fourth-order valence-corrected chi connectivity index (χ4v) is 3.17. The number of rotatable bonds is 2. The smallest absolute Gasteiger partial charge is 0.118 e. The Morgan fingerprint density at radius 3 is 2.50 bits per heavy atom. The van der Waals surface area contributed by atoms with Crippen LogP contribution in [0.15, 0.2) is 24.3 Å². The van der Waals surface area contributed by atoms with Crippen LogP contribution < -0.4 is 10.1 Å². The van der Waals surface area contributed by atoms with E-state index >= 15 is 0 Å². The summed E-state index contributed by atoms with van der Waals surface area (Å²) in [7, 11) is 1.72. The molecule has 1 heterocycles. The number of methoxy groups -OCH3 is 1. The minimum atomic E-state index is 0.643. The topological polar surface area (TPSA) is 21.3 Å². The summed E-state index contributed by atoms with van der Waals surface area (Å²) >= 11 is 0. The molecular weight excluding hydrogens is 198 g/mol. The van der Waals surface area contributed by atoms with Crippen molar-refractivity contribution in [1.29, 1.82) is 0 Å². The van der Waals surface area contributed by atoms with Crippen LogP contribution in [0.25, 0.3) is 0 Å². The number of ether oxygens (including phenoxy) is 1. The van der Waals surface area contributed by atoms with Gasteiger partial charge in [0.2, 0.25) is 0 Å². The highest BCUT2D eigenvalue weighted by atomic mass is 16.5. The first-order chi connectivity index (χ1) is 7.81. The molecule has 0 bridgehead atoms. The van der Waals surface area contributed by atoms with Gasteiger partial charge in [0.1, 0.15) is 5.75 Å². The van der Waals surface area contributed by atoms with Crippen molar-refractivity contribution in [3.63, 3.8) is 0 Å². The van der Waals surface area contributed by atoms with E-state index in [-0.39, 0.29) is 0 Å². The lowest BCUT2D eigenvalue weighted by Gasteiger charge is -2.39. The van der Waals surface area contributed by atoms with Crippen molar-refractivity contribution in [2.75, 3.05) is 20.2 Å². The number of nitrogens with one attached hydrogen (secondary N) is 1. The second-order valence-corrected chi connectivity index (χ2v) is 5.32. The monoisotopic (exact) mass is 217 g/mol. The van der Waals surface area contributed by atoms with E-state index in [4.69, 9.17) is 4.74 Å². The molecule has 1 unspecified atom stereocenters. The zero-order chi connectivity index (χ0) is 11.0. The van der Waals surface area contributed by atoms with Gasteiger partial charge in [-0.2, -0.15) is 0 Å². The van der Waals surface area contributed by atoms with Crippen LogP contribution in [0.1, 0.15) is 30.7 Å². The van der Waals surface area contributed by atoms with Crippen LogP contribution in [0.5, 0.6) is 5.75 Å². The zero-order valence-electron chi connectivity index (χ0n) is 9.83. The molecular formula is C14H19NO. The Morgan fingerprint density at radius 1 is 1.25 bits per heavy atom. The van der Waals surface area contributed by atoms with Crippen LogP contribution in [-0.4, -0.2) is 20.2 Å². The molecule has 2 fully saturated rings. The molecule has 3 rings (SSSR count).